The highest BCUT2D eigenvalue weighted by atomic mass is 35.5. The molecule has 0 amide bonds. The van der Waals surface area contributed by atoms with Crippen LogP contribution in [0, 0.1) is 5.41 Å². The third-order valence-electron chi connectivity index (χ3n) is 3.35. The van der Waals surface area contributed by atoms with Gasteiger partial charge >= 0.3 is 5.97 Å². The van der Waals surface area contributed by atoms with E-state index in [0.717, 1.165) is 5.56 Å². The molecule has 0 spiro atoms. The van der Waals surface area contributed by atoms with Gasteiger partial charge in [-0.15, -0.1) is 11.6 Å². The molecule has 110 valence electrons. The van der Waals surface area contributed by atoms with E-state index in [1.807, 2.05) is 48.5 Å². The molecule has 0 saturated carbocycles. The predicted octanol–water partition coefficient (Wildman–Crippen LogP) is 3.62. The Morgan fingerprint density at radius 1 is 1.05 bits per heavy atom. The molecule has 2 aromatic rings. The molecule has 1 unspecified atom stereocenters. The summed E-state index contributed by atoms with van der Waals surface area (Å²) in [4.78, 5) is 11.7. The smallest absolute Gasteiger partial charge is 0.314 e. The Kier molecular flexibility index (Phi) is 5.23. The van der Waals surface area contributed by atoms with Crippen molar-refractivity contribution in [1.29, 1.82) is 0 Å². The number of halogens is 1. The van der Waals surface area contributed by atoms with Crippen LogP contribution in [0.15, 0.2) is 60.7 Å². The highest BCUT2D eigenvalue weighted by Gasteiger charge is 2.39. The Labute approximate surface area is 129 Å². The Morgan fingerprint density at radius 2 is 1.62 bits per heavy atom. The van der Waals surface area contributed by atoms with Crippen LogP contribution in [0.4, 0.5) is 0 Å². The van der Waals surface area contributed by atoms with E-state index < -0.39 is 11.4 Å². The standard InChI is InChI=1S/C17H17ClO3/c18-12-17(16(19)20,11-14-7-3-1-4-8-14)13-21-15-9-5-2-6-10-15/h1-10H,11-13H2,(H,19,20). The van der Waals surface area contributed by atoms with Crippen LogP contribution in [-0.4, -0.2) is 23.6 Å². The molecular formula is C17H17ClO3. The normalized spacial score (nSPS) is 13.4. The number of benzene rings is 2. The first-order valence-corrected chi connectivity index (χ1v) is 7.21. The Balaban J connectivity index is 2.15. The van der Waals surface area contributed by atoms with Crippen molar-refractivity contribution in [2.24, 2.45) is 5.41 Å². The lowest BCUT2D eigenvalue weighted by atomic mass is 9.84. The zero-order valence-corrected chi connectivity index (χ0v) is 12.3. The molecule has 0 aliphatic rings. The van der Waals surface area contributed by atoms with E-state index >= 15 is 0 Å². The fourth-order valence-corrected chi connectivity index (χ4v) is 2.34. The Morgan fingerprint density at radius 3 is 2.14 bits per heavy atom. The lowest BCUT2D eigenvalue weighted by Crippen LogP contribution is -2.41. The summed E-state index contributed by atoms with van der Waals surface area (Å²) >= 11 is 5.97. The number of alkyl halides is 1. The number of carbonyl (C=O) groups is 1. The number of para-hydroxylation sites is 1. The van der Waals surface area contributed by atoms with Gasteiger partial charge in [0.1, 0.15) is 17.8 Å². The number of carboxylic acid groups (broad SMARTS) is 1. The minimum absolute atomic E-state index is 0.00986. The van der Waals surface area contributed by atoms with Crippen LogP contribution in [-0.2, 0) is 11.2 Å². The summed E-state index contributed by atoms with van der Waals surface area (Å²) in [7, 11) is 0. The van der Waals surface area contributed by atoms with Gasteiger partial charge in [-0.3, -0.25) is 4.79 Å². The van der Waals surface area contributed by atoms with Crippen LogP contribution in [0.25, 0.3) is 0 Å². The van der Waals surface area contributed by atoms with Crippen LogP contribution in [0.2, 0.25) is 0 Å². The van der Waals surface area contributed by atoms with E-state index in [9.17, 15) is 9.90 Å². The van der Waals surface area contributed by atoms with Gasteiger partial charge in [0.25, 0.3) is 0 Å². The molecule has 1 N–H and O–H groups in total. The first-order valence-electron chi connectivity index (χ1n) is 6.67. The van der Waals surface area contributed by atoms with Crippen molar-refractivity contribution in [2.75, 3.05) is 12.5 Å². The van der Waals surface area contributed by atoms with Crippen molar-refractivity contribution in [1.82, 2.24) is 0 Å². The van der Waals surface area contributed by atoms with Crippen LogP contribution in [0.3, 0.4) is 0 Å². The highest BCUT2D eigenvalue weighted by Crippen LogP contribution is 2.27. The van der Waals surface area contributed by atoms with Crippen molar-refractivity contribution in [3.63, 3.8) is 0 Å². The quantitative estimate of drug-likeness (QED) is 0.795. The largest absolute Gasteiger partial charge is 0.492 e. The van der Waals surface area contributed by atoms with Gasteiger partial charge < -0.3 is 9.84 Å². The van der Waals surface area contributed by atoms with Crippen molar-refractivity contribution in [2.45, 2.75) is 6.42 Å². The van der Waals surface area contributed by atoms with Crippen molar-refractivity contribution in [3.8, 4) is 5.75 Å². The summed E-state index contributed by atoms with van der Waals surface area (Å²) in [5.74, 6) is -0.317. The first kappa shape index (κ1) is 15.4. The molecule has 2 aromatic carbocycles. The zero-order valence-electron chi connectivity index (χ0n) is 11.5. The van der Waals surface area contributed by atoms with Crippen molar-refractivity contribution < 1.29 is 14.6 Å². The Bertz CT molecular complexity index is 571. The van der Waals surface area contributed by atoms with Gasteiger partial charge in [-0.25, -0.2) is 0 Å². The number of aliphatic carboxylic acids is 1. The molecule has 0 aromatic heterocycles. The van der Waals surface area contributed by atoms with Crippen LogP contribution >= 0.6 is 11.6 Å². The van der Waals surface area contributed by atoms with E-state index in [0.29, 0.717) is 12.2 Å². The molecular weight excluding hydrogens is 288 g/mol. The summed E-state index contributed by atoms with van der Waals surface area (Å²) < 4.78 is 5.63. The maximum atomic E-state index is 11.7. The minimum Gasteiger partial charge on any atom is -0.492 e. The summed E-state index contributed by atoms with van der Waals surface area (Å²) in [5, 5.41) is 9.60. The number of rotatable bonds is 7. The van der Waals surface area contributed by atoms with Gasteiger partial charge in [0, 0.05) is 5.88 Å². The summed E-state index contributed by atoms with van der Waals surface area (Å²) in [6, 6.07) is 18.6. The fourth-order valence-electron chi connectivity index (χ4n) is 2.06. The molecule has 1 atom stereocenters. The predicted molar refractivity (Wildman–Crippen MR) is 82.9 cm³/mol. The second-order valence-corrected chi connectivity index (χ2v) is 5.25. The number of ether oxygens (including phenoxy) is 1. The van der Waals surface area contributed by atoms with Gasteiger partial charge in [0.15, 0.2) is 0 Å². The third-order valence-corrected chi connectivity index (χ3v) is 3.86. The molecule has 0 heterocycles. The average molecular weight is 305 g/mol. The minimum atomic E-state index is -1.14. The SMILES string of the molecule is O=C(O)C(CCl)(COc1ccccc1)Cc1ccccc1. The molecule has 2 rings (SSSR count). The van der Waals surface area contributed by atoms with Gasteiger partial charge in [0.2, 0.25) is 0 Å². The second kappa shape index (κ2) is 7.14. The lowest BCUT2D eigenvalue weighted by molar-refractivity contribution is -0.149. The lowest BCUT2D eigenvalue weighted by Gasteiger charge is -2.27. The van der Waals surface area contributed by atoms with Gasteiger partial charge in [-0.05, 0) is 24.1 Å². The van der Waals surface area contributed by atoms with E-state index in [1.165, 1.54) is 0 Å². The third kappa shape index (κ3) is 3.99. The fraction of sp³-hybridized carbons (Fsp3) is 0.235. The van der Waals surface area contributed by atoms with Crippen molar-refractivity contribution >= 4 is 17.6 Å². The maximum absolute atomic E-state index is 11.7. The molecule has 0 saturated heterocycles. The molecule has 0 bridgehead atoms. The number of hydrogen-bond donors (Lipinski definition) is 1. The molecule has 4 heteroatoms. The molecule has 0 aliphatic carbocycles. The van der Waals surface area contributed by atoms with Crippen LogP contribution in [0.1, 0.15) is 5.56 Å². The number of hydrogen-bond acceptors (Lipinski definition) is 2. The van der Waals surface area contributed by atoms with Gasteiger partial charge in [-0.1, -0.05) is 48.5 Å². The molecule has 0 fully saturated rings. The van der Waals surface area contributed by atoms with E-state index in [4.69, 9.17) is 16.3 Å². The van der Waals surface area contributed by atoms with Crippen LogP contribution in [0.5, 0.6) is 5.75 Å². The summed E-state index contributed by atoms with van der Waals surface area (Å²) in [5.41, 5.74) is -0.212. The first-order chi connectivity index (χ1) is 10.2. The van der Waals surface area contributed by atoms with E-state index in [2.05, 4.69) is 0 Å². The summed E-state index contributed by atoms with van der Waals surface area (Å²) in [6.07, 6.45) is 0.333. The molecule has 0 radical (unpaired) electrons. The number of carboxylic acids is 1. The van der Waals surface area contributed by atoms with Crippen LogP contribution < -0.4 is 4.74 Å². The van der Waals surface area contributed by atoms with E-state index in [-0.39, 0.29) is 12.5 Å². The molecule has 3 nitrogen and oxygen atoms in total. The second-order valence-electron chi connectivity index (χ2n) is 4.98. The van der Waals surface area contributed by atoms with Crippen molar-refractivity contribution in [3.05, 3.63) is 66.2 Å². The topological polar surface area (TPSA) is 46.5 Å². The molecule has 0 aliphatic heterocycles. The highest BCUT2D eigenvalue weighted by molar-refractivity contribution is 6.19. The maximum Gasteiger partial charge on any atom is 0.314 e. The monoisotopic (exact) mass is 304 g/mol. The zero-order chi connectivity index (χ0) is 15.1. The van der Waals surface area contributed by atoms with E-state index in [1.54, 1.807) is 12.1 Å². The average Bonchev–Trinajstić information content (AvgIpc) is 2.53. The summed E-state index contributed by atoms with van der Waals surface area (Å²) in [6.45, 7) is 0.0325. The Hall–Kier alpha value is -2.00. The van der Waals surface area contributed by atoms with Gasteiger partial charge in [0.05, 0.1) is 0 Å². The molecule has 21 heavy (non-hydrogen) atoms. The van der Waals surface area contributed by atoms with Gasteiger partial charge in [-0.2, -0.15) is 0 Å².